The molecule has 0 saturated carbocycles. The summed E-state index contributed by atoms with van der Waals surface area (Å²) in [6, 6.07) is 7.25. The van der Waals surface area contributed by atoms with E-state index in [0.717, 1.165) is 12.0 Å². The number of unbranched alkanes of at least 4 members (excludes halogenated alkanes) is 9. The van der Waals surface area contributed by atoms with Crippen molar-refractivity contribution in [3.8, 4) is 17.1 Å². The van der Waals surface area contributed by atoms with Crippen LogP contribution in [-0.4, -0.2) is 21.3 Å². The average Bonchev–Trinajstić information content (AvgIpc) is 2.81. The van der Waals surface area contributed by atoms with E-state index in [2.05, 4.69) is 16.9 Å². The van der Waals surface area contributed by atoms with E-state index in [-0.39, 0.29) is 0 Å². The molecule has 4 nitrogen and oxygen atoms in total. The molecule has 1 heterocycles. The monoisotopic (exact) mass is 472 g/mol. The second kappa shape index (κ2) is 15.8. The fourth-order valence-corrected chi connectivity index (χ4v) is 4.21. The number of esters is 1. The molecule has 33 heavy (non-hydrogen) atoms. The third-order valence-electron chi connectivity index (χ3n) is 5.79. The van der Waals surface area contributed by atoms with Crippen LogP contribution in [0.3, 0.4) is 0 Å². The molecule has 1 aromatic heterocycles. The van der Waals surface area contributed by atoms with Gasteiger partial charge in [-0.25, -0.2) is 9.97 Å². The van der Waals surface area contributed by atoms with Gasteiger partial charge in [0, 0.05) is 18.0 Å². The van der Waals surface area contributed by atoms with Gasteiger partial charge in [0.1, 0.15) is 11.1 Å². The van der Waals surface area contributed by atoms with E-state index in [1.165, 1.54) is 69.8 Å². The molecule has 0 fully saturated rings. The highest BCUT2D eigenvalue weighted by Crippen LogP contribution is 2.21. The molecule has 0 N–H and O–H groups in total. The van der Waals surface area contributed by atoms with Gasteiger partial charge in [0.2, 0.25) is 0 Å². The normalized spacial score (nSPS) is 12.2. The third-order valence-corrected chi connectivity index (χ3v) is 6.15. The SMILES string of the molecule is CCCCCCCCCCCCc1cnc(-c2ccc(OC(=O)C(Cl)CC(C)C)cc2)nc1. The van der Waals surface area contributed by atoms with Crippen LogP contribution in [0.2, 0.25) is 0 Å². The highest BCUT2D eigenvalue weighted by Gasteiger charge is 2.19. The summed E-state index contributed by atoms with van der Waals surface area (Å²) < 4.78 is 5.38. The molecule has 0 amide bonds. The van der Waals surface area contributed by atoms with Gasteiger partial charge in [-0.2, -0.15) is 0 Å². The molecule has 1 atom stereocenters. The summed E-state index contributed by atoms with van der Waals surface area (Å²) in [6.07, 6.45) is 18.9. The molecule has 2 rings (SSSR count). The van der Waals surface area contributed by atoms with E-state index in [0.29, 0.717) is 23.9 Å². The summed E-state index contributed by atoms with van der Waals surface area (Å²) in [5.41, 5.74) is 2.08. The molecule has 0 aliphatic heterocycles. The van der Waals surface area contributed by atoms with Gasteiger partial charge >= 0.3 is 5.97 Å². The fourth-order valence-electron chi connectivity index (χ4n) is 3.81. The molecule has 0 saturated heterocycles. The quantitative estimate of drug-likeness (QED) is 0.107. The fraction of sp³-hybridized carbons (Fsp3) is 0.607. The molecule has 2 aromatic rings. The molecule has 0 radical (unpaired) electrons. The average molecular weight is 473 g/mol. The summed E-state index contributed by atoms with van der Waals surface area (Å²) in [5.74, 6) is 1.09. The Morgan fingerprint density at radius 2 is 1.42 bits per heavy atom. The van der Waals surface area contributed by atoms with Gasteiger partial charge in [0.15, 0.2) is 5.82 Å². The van der Waals surface area contributed by atoms with Crippen molar-refractivity contribution in [1.82, 2.24) is 9.97 Å². The highest BCUT2D eigenvalue weighted by molar-refractivity contribution is 6.30. The first-order valence-electron chi connectivity index (χ1n) is 12.8. The summed E-state index contributed by atoms with van der Waals surface area (Å²) in [6.45, 7) is 6.32. The van der Waals surface area contributed by atoms with E-state index in [1.807, 2.05) is 38.4 Å². The maximum Gasteiger partial charge on any atom is 0.329 e. The smallest absolute Gasteiger partial charge is 0.329 e. The Labute approximate surface area is 205 Å². The number of ether oxygens (including phenoxy) is 1. The van der Waals surface area contributed by atoms with Crippen molar-refractivity contribution in [3.63, 3.8) is 0 Å². The number of aryl methyl sites for hydroxylation is 1. The van der Waals surface area contributed by atoms with Crippen molar-refractivity contribution in [1.29, 1.82) is 0 Å². The lowest BCUT2D eigenvalue weighted by molar-refractivity contribution is -0.134. The van der Waals surface area contributed by atoms with Crippen LogP contribution in [0.1, 0.15) is 97.0 Å². The topological polar surface area (TPSA) is 52.1 Å². The van der Waals surface area contributed by atoms with E-state index in [1.54, 1.807) is 12.1 Å². The van der Waals surface area contributed by atoms with Crippen LogP contribution in [0.25, 0.3) is 11.4 Å². The van der Waals surface area contributed by atoms with Crippen LogP contribution in [0.15, 0.2) is 36.7 Å². The number of carbonyl (C=O) groups excluding carboxylic acids is 1. The van der Waals surface area contributed by atoms with Crippen LogP contribution in [0, 0.1) is 5.92 Å². The maximum absolute atomic E-state index is 12.1. The number of aromatic nitrogens is 2. The number of alkyl halides is 1. The summed E-state index contributed by atoms with van der Waals surface area (Å²) in [7, 11) is 0. The Morgan fingerprint density at radius 3 is 1.97 bits per heavy atom. The maximum atomic E-state index is 12.1. The van der Waals surface area contributed by atoms with Gasteiger partial charge in [-0.15, -0.1) is 11.6 Å². The lowest BCUT2D eigenvalue weighted by Gasteiger charge is -2.11. The van der Waals surface area contributed by atoms with Gasteiger partial charge in [-0.1, -0.05) is 78.6 Å². The molecule has 1 aromatic carbocycles. The number of rotatable bonds is 16. The van der Waals surface area contributed by atoms with Gasteiger partial charge in [-0.3, -0.25) is 4.79 Å². The van der Waals surface area contributed by atoms with Crippen LogP contribution >= 0.6 is 11.6 Å². The predicted molar refractivity (Wildman–Crippen MR) is 138 cm³/mol. The minimum absolute atomic E-state index is 0.340. The van der Waals surface area contributed by atoms with Crippen LogP contribution < -0.4 is 4.74 Å². The zero-order valence-corrected chi connectivity index (χ0v) is 21.4. The van der Waals surface area contributed by atoms with Gasteiger partial charge in [0.05, 0.1) is 0 Å². The first-order chi connectivity index (χ1) is 16.0. The minimum atomic E-state index is -0.629. The largest absolute Gasteiger partial charge is 0.425 e. The van der Waals surface area contributed by atoms with Crippen molar-refractivity contribution in [2.45, 2.75) is 103 Å². The van der Waals surface area contributed by atoms with Crippen molar-refractivity contribution >= 4 is 17.6 Å². The van der Waals surface area contributed by atoms with Crippen LogP contribution in [0.5, 0.6) is 5.75 Å². The first-order valence-corrected chi connectivity index (χ1v) is 13.2. The third kappa shape index (κ3) is 11.2. The molecular weight excluding hydrogens is 432 g/mol. The first kappa shape index (κ1) is 27.3. The van der Waals surface area contributed by atoms with E-state index in [9.17, 15) is 4.79 Å². The second-order valence-corrected chi connectivity index (χ2v) is 9.92. The molecule has 0 aliphatic carbocycles. The summed E-state index contributed by atoms with van der Waals surface area (Å²) in [4.78, 5) is 21.1. The van der Waals surface area contributed by atoms with Crippen molar-refractivity contribution in [2.24, 2.45) is 5.92 Å². The van der Waals surface area contributed by atoms with Gasteiger partial charge in [0.25, 0.3) is 0 Å². The number of hydrogen-bond acceptors (Lipinski definition) is 4. The number of nitrogens with zero attached hydrogens (tertiary/aromatic N) is 2. The molecule has 5 heteroatoms. The highest BCUT2D eigenvalue weighted by atomic mass is 35.5. The minimum Gasteiger partial charge on any atom is -0.425 e. The molecule has 0 bridgehead atoms. The van der Waals surface area contributed by atoms with Crippen molar-refractivity contribution in [3.05, 3.63) is 42.2 Å². The number of hydrogen-bond donors (Lipinski definition) is 0. The summed E-state index contributed by atoms with van der Waals surface area (Å²) in [5, 5.41) is -0.629. The van der Waals surface area contributed by atoms with Crippen molar-refractivity contribution < 1.29 is 9.53 Å². The predicted octanol–water partition coefficient (Wildman–Crippen LogP) is 8.17. The van der Waals surface area contributed by atoms with Crippen LogP contribution in [-0.2, 0) is 11.2 Å². The standard InChI is InChI=1S/C28H41ClN2O2/c1-4-5-6-7-8-9-10-11-12-13-14-23-20-30-27(31-21-23)24-15-17-25(18-16-24)33-28(32)26(29)19-22(2)3/h15-18,20-22,26H,4-14,19H2,1-3H3. The second-order valence-electron chi connectivity index (χ2n) is 9.39. The number of benzene rings is 1. The molecule has 1 unspecified atom stereocenters. The Morgan fingerprint density at radius 1 is 0.879 bits per heavy atom. The Hall–Kier alpha value is -1.94. The lowest BCUT2D eigenvalue weighted by atomic mass is 10.0. The Bertz CT molecular complexity index is 791. The Balaban J connectivity index is 1.69. The van der Waals surface area contributed by atoms with Crippen molar-refractivity contribution in [2.75, 3.05) is 0 Å². The van der Waals surface area contributed by atoms with E-state index in [4.69, 9.17) is 16.3 Å². The number of carbonyl (C=O) groups is 1. The van der Waals surface area contributed by atoms with Gasteiger partial charge in [-0.05, 0) is 55.0 Å². The van der Waals surface area contributed by atoms with Crippen LogP contribution in [0.4, 0.5) is 0 Å². The summed E-state index contributed by atoms with van der Waals surface area (Å²) >= 11 is 6.11. The van der Waals surface area contributed by atoms with E-state index >= 15 is 0 Å². The molecule has 0 aliphatic rings. The number of halogens is 1. The Kier molecular flexibility index (Phi) is 13.1. The molecule has 0 spiro atoms. The van der Waals surface area contributed by atoms with Gasteiger partial charge < -0.3 is 4.74 Å². The molecular formula is C28H41ClN2O2. The zero-order chi connectivity index (χ0) is 23.9. The zero-order valence-electron chi connectivity index (χ0n) is 20.7. The molecule has 182 valence electrons. The lowest BCUT2D eigenvalue weighted by Crippen LogP contribution is -2.22. The van der Waals surface area contributed by atoms with E-state index < -0.39 is 11.3 Å².